The molecule has 2 aromatic heterocycles. The van der Waals surface area contributed by atoms with E-state index in [-0.39, 0.29) is 0 Å². The molecule has 6 rings (SSSR count). The van der Waals surface area contributed by atoms with Crippen molar-refractivity contribution in [2.45, 2.75) is 18.4 Å². The van der Waals surface area contributed by atoms with Crippen molar-refractivity contribution in [2.24, 2.45) is 0 Å². The van der Waals surface area contributed by atoms with Gasteiger partial charge < -0.3 is 25.0 Å². The SMILES string of the molecule is c1ccc2c(c1)OC1(CCOCC1)c1nc(Nc3ccc(N4CCNCC4)cn3)ncc1-2. The summed E-state index contributed by atoms with van der Waals surface area (Å²) >= 11 is 0. The Hall–Kier alpha value is -3.23. The molecule has 0 atom stereocenters. The Morgan fingerprint density at radius 3 is 2.59 bits per heavy atom. The highest BCUT2D eigenvalue weighted by molar-refractivity contribution is 5.75. The first-order chi connectivity index (χ1) is 15.8. The van der Waals surface area contributed by atoms with Gasteiger partial charge in [-0.15, -0.1) is 0 Å². The van der Waals surface area contributed by atoms with Crippen molar-refractivity contribution in [3.8, 4) is 16.9 Å². The minimum absolute atomic E-state index is 0.485. The number of pyridine rings is 1. The number of ether oxygens (including phenoxy) is 2. The monoisotopic (exact) mass is 430 g/mol. The average Bonchev–Trinajstić information content (AvgIpc) is 2.86. The Labute approximate surface area is 187 Å². The van der Waals surface area contributed by atoms with Gasteiger partial charge in [0, 0.05) is 56.3 Å². The molecule has 3 aliphatic heterocycles. The van der Waals surface area contributed by atoms with Crippen LogP contribution in [0.1, 0.15) is 18.5 Å². The number of benzene rings is 1. The molecule has 0 aliphatic carbocycles. The fourth-order valence-electron chi connectivity index (χ4n) is 4.75. The Balaban J connectivity index is 1.31. The Morgan fingerprint density at radius 1 is 0.938 bits per heavy atom. The van der Waals surface area contributed by atoms with Gasteiger partial charge in [0.1, 0.15) is 11.6 Å². The number of piperazine rings is 1. The molecular weight excluding hydrogens is 404 g/mol. The minimum atomic E-state index is -0.485. The quantitative estimate of drug-likeness (QED) is 0.656. The summed E-state index contributed by atoms with van der Waals surface area (Å²) in [5.74, 6) is 2.14. The van der Waals surface area contributed by atoms with Crippen LogP contribution in [-0.2, 0) is 10.3 Å². The van der Waals surface area contributed by atoms with Crippen molar-refractivity contribution in [3.63, 3.8) is 0 Å². The van der Waals surface area contributed by atoms with Crippen molar-refractivity contribution < 1.29 is 9.47 Å². The van der Waals surface area contributed by atoms with Crippen molar-refractivity contribution in [2.75, 3.05) is 49.6 Å². The zero-order valence-corrected chi connectivity index (χ0v) is 17.9. The first-order valence-electron chi connectivity index (χ1n) is 11.2. The second kappa shape index (κ2) is 8.03. The molecule has 8 heteroatoms. The summed E-state index contributed by atoms with van der Waals surface area (Å²) in [5.41, 5.74) is 3.64. The summed E-state index contributed by atoms with van der Waals surface area (Å²) in [7, 11) is 0. The van der Waals surface area contributed by atoms with Crippen LogP contribution in [0.2, 0.25) is 0 Å². The van der Waals surface area contributed by atoms with Crippen LogP contribution in [0, 0.1) is 0 Å². The standard InChI is InChI=1S/C24H26N6O2/c1-2-4-20-18(3-1)19-16-27-23(29-22(19)24(32-20)7-13-31-14-8-24)28-21-6-5-17(15-26-21)30-11-9-25-10-12-30/h1-6,15-16,25H,7-14H2,(H,26,27,28,29). The number of nitrogens with one attached hydrogen (secondary N) is 2. The van der Waals surface area contributed by atoms with Crippen LogP contribution in [0.3, 0.4) is 0 Å². The molecule has 0 saturated carbocycles. The van der Waals surface area contributed by atoms with Crippen LogP contribution in [0.4, 0.5) is 17.5 Å². The molecule has 0 radical (unpaired) electrons. The Kier molecular flexibility index (Phi) is 4.88. The summed E-state index contributed by atoms with van der Waals surface area (Å²) in [6.45, 7) is 5.31. The predicted octanol–water partition coefficient (Wildman–Crippen LogP) is 3.09. The highest BCUT2D eigenvalue weighted by atomic mass is 16.5. The molecule has 2 N–H and O–H groups in total. The number of anilines is 3. The summed E-state index contributed by atoms with van der Waals surface area (Å²) in [6, 6.07) is 12.2. The molecule has 5 heterocycles. The van der Waals surface area contributed by atoms with E-state index in [2.05, 4.69) is 37.6 Å². The maximum absolute atomic E-state index is 6.55. The second-order valence-electron chi connectivity index (χ2n) is 8.42. The summed E-state index contributed by atoms with van der Waals surface area (Å²) < 4.78 is 12.2. The molecule has 1 aromatic carbocycles. The first kappa shape index (κ1) is 19.5. The van der Waals surface area contributed by atoms with Crippen molar-refractivity contribution in [1.82, 2.24) is 20.3 Å². The topological polar surface area (TPSA) is 84.4 Å². The van der Waals surface area contributed by atoms with Gasteiger partial charge in [0.25, 0.3) is 0 Å². The molecule has 2 fully saturated rings. The first-order valence-corrected chi connectivity index (χ1v) is 11.2. The van der Waals surface area contributed by atoms with Gasteiger partial charge in [0.2, 0.25) is 5.95 Å². The van der Waals surface area contributed by atoms with E-state index >= 15 is 0 Å². The van der Waals surface area contributed by atoms with E-state index in [1.165, 1.54) is 0 Å². The molecule has 164 valence electrons. The third-order valence-electron chi connectivity index (χ3n) is 6.47. The van der Waals surface area contributed by atoms with Crippen molar-refractivity contribution >= 4 is 17.5 Å². The third-order valence-corrected chi connectivity index (χ3v) is 6.47. The van der Waals surface area contributed by atoms with Crippen LogP contribution in [0.25, 0.3) is 11.1 Å². The zero-order chi connectivity index (χ0) is 21.4. The molecule has 8 nitrogen and oxygen atoms in total. The van der Waals surface area contributed by atoms with Gasteiger partial charge in [-0.2, -0.15) is 0 Å². The lowest BCUT2D eigenvalue weighted by molar-refractivity contribution is -0.0540. The maximum Gasteiger partial charge on any atom is 0.228 e. The minimum Gasteiger partial charge on any atom is -0.480 e. The van der Waals surface area contributed by atoms with Crippen molar-refractivity contribution in [3.05, 3.63) is 54.5 Å². The lowest BCUT2D eigenvalue weighted by Crippen LogP contribution is -2.43. The molecule has 3 aliphatic rings. The number of nitrogens with zero attached hydrogens (tertiary/aromatic N) is 4. The fourth-order valence-corrected chi connectivity index (χ4v) is 4.75. The predicted molar refractivity (Wildman–Crippen MR) is 122 cm³/mol. The van der Waals surface area contributed by atoms with Crippen LogP contribution in [0.15, 0.2) is 48.8 Å². The third kappa shape index (κ3) is 3.45. The largest absolute Gasteiger partial charge is 0.480 e. The Bertz CT molecular complexity index is 1110. The lowest BCUT2D eigenvalue weighted by Gasteiger charge is -2.41. The number of hydrogen-bond donors (Lipinski definition) is 2. The highest BCUT2D eigenvalue weighted by Gasteiger charge is 2.44. The summed E-state index contributed by atoms with van der Waals surface area (Å²) in [4.78, 5) is 16.5. The van der Waals surface area contributed by atoms with E-state index in [0.29, 0.717) is 19.2 Å². The Morgan fingerprint density at radius 2 is 1.78 bits per heavy atom. The van der Waals surface area contributed by atoms with Crippen LogP contribution in [-0.4, -0.2) is 54.3 Å². The molecule has 2 saturated heterocycles. The van der Waals surface area contributed by atoms with Crippen LogP contribution in [0.5, 0.6) is 5.75 Å². The van der Waals surface area contributed by atoms with Crippen LogP contribution >= 0.6 is 0 Å². The van der Waals surface area contributed by atoms with Crippen LogP contribution < -0.4 is 20.3 Å². The van der Waals surface area contributed by atoms with Gasteiger partial charge in [0.15, 0.2) is 5.60 Å². The van der Waals surface area contributed by atoms with Gasteiger partial charge in [-0.25, -0.2) is 15.0 Å². The fraction of sp³-hybridized carbons (Fsp3) is 0.375. The second-order valence-corrected chi connectivity index (χ2v) is 8.42. The van der Waals surface area contributed by atoms with E-state index in [4.69, 9.17) is 14.5 Å². The van der Waals surface area contributed by atoms with E-state index in [1.54, 1.807) is 0 Å². The van der Waals surface area contributed by atoms with Gasteiger partial charge >= 0.3 is 0 Å². The molecule has 1 spiro atoms. The molecular formula is C24H26N6O2. The van der Waals surface area contributed by atoms with E-state index in [0.717, 1.165) is 73.1 Å². The normalized spacial score (nSPS) is 19.1. The summed E-state index contributed by atoms with van der Waals surface area (Å²) in [6.07, 6.45) is 5.34. The van der Waals surface area contributed by atoms with Gasteiger partial charge in [-0.3, -0.25) is 0 Å². The number of para-hydroxylation sites is 1. The van der Waals surface area contributed by atoms with Crippen molar-refractivity contribution in [1.29, 1.82) is 0 Å². The molecule has 0 amide bonds. The number of rotatable bonds is 3. The molecule has 0 unspecified atom stereocenters. The molecule has 3 aromatic rings. The number of fused-ring (bicyclic) bond motifs is 4. The number of hydrogen-bond acceptors (Lipinski definition) is 8. The van der Waals surface area contributed by atoms with E-state index in [1.807, 2.05) is 36.7 Å². The lowest BCUT2D eigenvalue weighted by atomic mass is 9.83. The average molecular weight is 431 g/mol. The zero-order valence-electron chi connectivity index (χ0n) is 17.9. The number of aromatic nitrogens is 3. The van der Waals surface area contributed by atoms with Gasteiger partial charge in [0.05, 0.1) is 30.8 Å². The smallest absolute Gasteiger partial charge is 0.228 e. The van der Waals surface area contributed by atoms with Gasteiger partial charge in [-0.1, -0.05) is 18.2 Å². The van der Waals surface area contributed by atoms with E-state index < -0.39 is 5.60 Å². The maximum atomic E-state index is 6.55. The molecule has 32 heavy (non-hydrogen) atoms. The molecule has 0 bridgehead atoms. The van der Waals surface area contributed by atoms with Gasteiger partial charge in [-0.05, 0) is 18.2 Å². The van der Waals surface area contributed by atoms with E-state index in [9.17, 15) is 0 Å². The summed E-state index contributed by atoms with van der Waals surface area (Å²) in [5, 5.41) is 6.65. The highest BCUT2D eigenvalue weighted by Crippen LogP contribution is 2.48.